The molecule has 1 fully saturated rings. The lowest BCUT2D eigenvalue weighted by Gasteiger charge is -2.21. The molecular formula is C8H10F6. The minimum absolute atomic E-state index is 0.419. The summed E-state index contributed by atoms with van der Waals surface area (Å²) >= 11 is 0. The van der Waals surface area contributed by atoms with E-state index in [1.165, 1.54) is 0 Å². The van der Waals surface area contributed by atoms with Crippen LogP contribution in [0.5, 0.6) is 0 Å². The molecule has 0 heterocycles. The van der Waals surface area contributed by atoms with Gasteiger partial charge in [0, 0.05) is 0 Å². The van der Waals surface area contributed by atoms with Crippen molar-refractivity contribution in [3.8, 4) is 0 Å². The number of hydrogen-bond donors (Lipinski definition) is 0. The highest BCUT2D eigenvalue weighted by Gasteiger charge is 2.71. The van der Waals surface area contributed by atoms with E-state index in [1.54, 1.807) is 0 Å². The Kier molecular flexibility index (Phi) is 2.32. The molecule has 3 unspecified atom stereocenters. The summed E-state index contributed by atoms with van der Waals surface area (Å²) in [5.74, 6) is -3.20. The highest BCUT2D eigenvalue weighted by atomic mass is 19.4. The smallest absolute Gasteiger partial charge is 0.171 e. The summed E-state index contributed by atoms with van der Waals surface area (Å²) < 4.78 is 73.1. The molecule has 84 valence electrons. The number of alkyl halides is 6. The molecule has 0 aromatic rings. The first kappa shape index (κ1) is 11.7. The molecule has 3 atom stereocenters. The van der Waals surface area contributed by atoms with E-state index in [9.17, 15) is 26.3 Å². The van der Waals surface area contributed by atoms with Gasteiger partial charge >= 0.3 is 12.4 Å². The number of rotatable bonds is 1. The van der Waals surface area contributed by atoms with Gasteiger partial charge in [0.2, 0.25) is 0 Å². The van der Waals surface area contributed by atoms with E-state index in [0.29, 0.717) is 0 Å². The molecule has 1 aliphatic carbocycles. The molecule has 0 amide bonds. The van der Waals surface area contributed by atoms with Crippen LogP contribution in [0.15, 0.2) is 0 Å². The molecule has 0 saturated heterocycles. The van der Waals surface area contributed by atoms with Gasteiger partial charge in [-0.3, -0.25) is 0 Å². The SMILES string of the molecule is CC(C1CC1(C)C(F)(F)F)C(F)(F)F. The summed E-state index contributed by atoms with van der Waals surface area (Å²) in [7, 11) is 0. The van der Waals surface area contributed by atoms with Crippen molar-refractivity contribution in [2.24, 2.45) is 17.3 Å². The summed E-state index contributed by atoms with van der Waals surface area (Å²) in [4.78, 5) is 0. The van der Waals surface area contributed by atoms with Gasteiger partial charge in [0.25, 0.3) is 0 Å². The van der Waals surface area contributed by atoms with Crippen LogP contribution in [0, 0.1) is 17.3 Å². The molecular weight excluding hydrogens is 210 g/mol. The second-order valence-corrected chi connectivity index (χ2v) is 4.06. The predicted molar refractivity (Wildman–Crippen MR) is 37.5 cm³/mol. The normalized spacial score (nSPS) is 35.6. The van der Waals surface area contributed by atoms with Gasteiger partial charge in [0.15, 0.2) is 0 Å². The average molecular weight is 220 g/mol. The van der Waals surface area contributed by atoms with Crippen LogP contribution in [-0.4, -0.2) is 12.4 Å². The van der Waals surface area contributed by atoms with Gasteiger partial charge in [-0.25, -0.2) is 0 Å². The van der Waals surface area contributed by atoms with Gasteiger partial charge < -0.3 is 0 Å². The Balaban J connectivity index is 2.71. The Morgan fingerprint density at radius 3 is 1.79 bits per heavy atom. The van der Waals surface area contributed by atoms with Crippen molar-refractivity contribution in [2.75, 3.05) is 0 Å². The van der Waals surface area contributed by atoms with Crippen LogP contribution >= 0.6 is 0 Å². The Bertz CT molecular complexity index is 227. The number of halogens is 6. The van der Waals surface area contributed by atoms with E-state index < -0.39 is 36.0 Å². The maximum Gasteiger partial charge on any atom is 0.394 e. The molecule has 1 saturated carbocycles. The van der Waals surface area contributed by atoms with E-state index in [4.69, 9.17) is 0 Å². The average Bonchev–Trinajstić information content (AvgIpc) is 2.58. The fraction of sp³-hybridized carbons (Fsp3) is 1.00. The molecule has 1 aliphatic rings. The third kappa shape index (κ3) is 1.70. The molecule has 0 aliphatic heterocycles. The van der Waals surface area contributed by atoms with Crippen molar-refractivity contribution in [1.82, 2.24) is 0 Å². The van der Waals surface area contributed by atoms with Crippen LogP contribution in [0.2, 0.25) is 0 Å². The van der Waals surface area contributed by atoms with E-state index in [0.717, 1.165) is 13.8 Å². The Morgan fingerprint density at radius 1 is 1.14 bits per heavy atom. The minimum Gasteiger partial charge on any atom is -0.171 e. The fourth-order valence-electron chi connectivity index (χ4n) is 1.68. The van der Waals surface area contributed by atoms with Crippen LogP contribution in [0.3, 0.4) is 0 Å². The lowest BCUT2D eigenvalue weighted by Crippen LogP contribution is -2.30. The zero-order valence-corrected chi connectivity index (χ0v) is 7.63. The zero-order chi connectivity index (χ0) is 11.4. The van der Waals surface area contributed by atoms with E-state index in [2.05, 4.69) is 0 Å². The van der Waals surface area contributed by atoms with Crippen LogP contribution in [0.25, 0.3) is 0 Å². The Morgan fingerprint density at radius 2 is 1.57 bits per heavy atom. The number of hydrogen-bond acceptors (Lipinski definition) is 0. The van der Waals surface area contributed by atoms with Gasteiger partial charge in [-0.1, -0.05) is 13.8 Å². The van der Waals surface area contributed by atoms with Gasteiger partial charge in [-0.2, -0.15) is 26.3 Å². The van der Waals surface area contributed by atoms with Crippen molar-refractivity contribution in [3.05, 3.63) is 0 Å². The van der Waals surface area contributed by atoms with Crippen molar-refractivity contribution in [2.45, 2.75) is 32.6 Å². The molecule has 0 nitrogen and oxygen atoms in total. The van der Waals surface area contributed by atoms with Crippen molar-refractivity contribution in [3.63, 3.8) is 0 Å². The predicted octanol–water partition coefficient (Wildman–Crippen LogP) is 3.77. The van der Waals surface area contributed by atoms with Crippen LogP contribution < -0.4 is 0 Å². The van der Waals surface area contributed by atoms with E-state index in [-0.39, 0.29) is 0 Å². The van der Waals surface area contributed by atoms with E-state index in [1.807, 2.05) is 0 Å². The molecule has 0 aromatic carbocycles. The standard InChI is InChI=1S/C8H10F6/c1-4(7(9,10)11)5-3-6(5,2)8(12,13)14/h4-5H,3H2,1-2H3. The quantitative estimate of drug-likeness (QED) is 0.590. The monoisotopic (exact) mass is 220 g/mol. The molecule has 14 heavy (non-hydrogen) atoms. The maximum absolute atomic E-state index is 12.3. The third-order valence-corrected chi connectivity index (χ3v) is 3.07. The lowest BCUT2D eigenvalue weighted by molar-refractivity contribution is -0.208. The first-order valence-electron chi connectivity index (χ1n) is 4.13. The first-order chi connectivity index (χ1) is 6.00. The van der Waals surface area contributed by atoms with Crippen LogP contribution in [-0.2, 0) is 0 Å². The largest absolute Gasteiger partial charge is 0.394 e. The second kappa shape index (κ2) is 2.79. The van der Waals surface area contributed by atoms with Gasteiger partial charge in [0.1, 0.15) is 0 Å². The van der Waals surface area contributed by atoms with E-state index >= 15 is 0 Å². The molecule has 0 radical (unpaired) electrons. The van der Waals surface area contributed by atoms with Crippen LogP contribution in [0.1, 0.15) is 20.3 Å². The van der Waals surface area contributed by atoms with Gasteiger partial charge in [0.05, 0.1) is 11.3 Å². The fourth-order valence-corrected chi connectivity index (χ4v) is 1.68. The Hall–Kier alpha value is -0.420. The van der Waals surface area contributed by atoms with Gasteiger partial charge in [-0.05, 0) is 12.3 Å². The van der Waals surface area contributed by atoms with Crippen molar-refractivity contribution < 1.29 is 26.3 Å². The second-order valence-electron chi connectivity index (χ2n) is 4.06. The highest BCUT2D eigenvalue weighted by Crippen LogP contribution is 2.66. The topological polar surface area (TPSA) is 0 Å². The van der Waals surface area contributed by atoms with Crippen LogP contribution in [0.4, 0.5) is 26.3 Å². The van der Waals surface area contributed by atoms with Crippen molar-refractivity contribution in [1.29, 1.82) is 0 Å². The summed E-state index contributed by atoms with van der Waals surface area (Å²) in [6, 6.07) is 0. The first-order valence-corrected chi connectivity index (χ1v) is 4.13. The zero-order valence-electron chi connectivity index (χ0n) is 7.63. The lowest BCUT2D eigenvalue weighted by atomic mass is 9.96. The molecule has 0 N–H and O–H groups in total. The molecule has 0 spiro atoms. The third-order valence-electron chi connectivity index (χ3n) is 3.07. The summed E-state index contributed by atoms with van der Waals surface area (Å²) in [5.41, 5.74) is -2.14. The minimum atomic E-state index is -4.53. The van der Waals surface area contributed by atoms with Gasteiger partial charge in [-0.15, -0.1) is 0 Å². The molecule has 6 heteroatoms. The maximum atomic E-state index is 12.3. The molecule has 0 bridgehead atoms. The van der Waals surface area contributed by atoms with Crippen molar-refractivity contribution >= 4 is 0 Å². The summed E-state index contributed by atoms with van der Waals surface area (Å²) in [5, 5.41) is 0. The summed E-state index contributed by atoms with van der Waals surface area (Å²) in [6.45, 7) is 1.65. The highest BCUT2D eigenvalue weighted by molar-refractivity contribution is 5.06. The molecule has 1 rings (SSSR count). The summed E-state index contributed by atoms with van der Waals surface area (Å²) in [6.07, 6.45) is -9.48. The Labute approximate surface area is 77.3 Å². The molecule has 0 aromatic heterocycles.